The summed E-state index contributed by atoms with van der Waals surface area (Å²) in [6.07, 6.45) is 6.29. The minimum Gasteiger partial charge on any atom is -0.366 e. The highest BCUT2D eigenvalue weighted by molar-refractivity contribution is 7.80. The summed E-state index contributed by atoms with van der Waals surface area (Å²) in [4.78, 5) is 13.9. The summed E-state index contributed by atoms with van der Waals surface area (Å²) in [7, 11) is 1.85. The Morgan fingerprint density at radius 1 is 1.47 bits per heavy atom. The molecule has 0 amide bonds. The minimum absolute atomic E-state index is 0.0537. The summed E-state index contributed by atoms with van der Waals surface area (Å²) < 4.78 is 0. The first-order valence-electron chi connectivity index (χ1n) is 6.21. The predicted molar refractivity (Wildman–Crippen MR) is 76.7 cm³/mol. The van der Waals surface area contributed by atoms with Crippen molar-refractivity contribution < 1.29 is 0 Å². The first kappa shape index (κ1) is 12.1. The van der Waals surface area contributed by atoms with Crippen LogP contribution in [-0.2, 0) is 6.42 Å². The lowest BCUT2D eigenvalue weighted by Crippen LogP contribution is -2.44. The Kier molecular flexibility index (Phi) is 3.16. The van der Waals surface area contributed by atoms with Crippen LogP contribution in [0.2, 0.25) is 0 Å². The van der Waals surface area contributed by atoms with Gasteiger partial charge in [0.15, 0.2) is 5.11 Å². The molecule has 6 heteroatoms. The number of hydrogen-bond donors (Lipinski definition) is 2. The molecule has 3 rings (SSSR count). The molecule has 0 aromatic carbocycles. The first-order chi connectivity index (χ1) is 9.31. The fourth-order valence-corrected chi connectivity index (χ4v) is 2.72. The van der Waals surface area contributed by atoms with E-state index in [-0.39, 0.29) is 6.04 Å². The lowest BCUT2D eigenvalue weighted by Gasteiger charge is -2.36. The second-order valence-electron chi connectivity index (χ2n) is 4.45. The number of pyridine rings is 1. The van der Waals surface area contributed by atoms with Crippen LogP contribution in [0.3, 0.4) is 0 Å². The molecule has 0 radical (unpaired) electrons. The lowest BCUT2D eigenvalue weighted by atomic mass is 9.97. The lowest BCUT2D eigenvalue weighted by molar-refractivity contribution is 0.329. The van der Waals surface area contributed by atoms with Gasteiger partial charge in [0, 0.05) is 38.1 Å². The molecular weight excluding hydrogens is 258 g/mol. The molecule has 98 valence electrons. The summed E-state index contributed by atoms with van der Waals surface area (Å²) in [5.74, 6) is 0. The van der Waals surface area contributed by atoms with Gasteiger partial charge in [-0.1, -0.05) is 0 Å². The van der Waals surface area contributed by atoms with E-state index in [1.165, 1.54) is 5.69 Å². The zero-order valence-corrected chi connectivity index (χ0v) is 11.4. The first-order valence-corrected chi connectivity index (χ1v) is 6.62. The third-order valence-electron chi connectivity index (χ3n) is 3.42. The van der Waals surface area contributed by atoms with Gasteiger partial charge in [0.2, 0.25) is 0 Å². The molecule has 0 bridgehead atoms. The van der Waals surface area contributed by atoms with Gasteiger partial charge in [0.05, 0.1) is 12.0 Å². The predicted octanol–water partition coefficient (Wildman–Crippen LogP) is 1.26. The smallest absolute Gasteiger partial charge is 0.169 e. The maximum Gasteiger partial charge on any atom is 0.169 e. The Labute approximate surface area is 117 Å². The number of nitrogens with one attached hydrogen (secondary N) is 2. The average Bonchev–Trinajstić information content (AvgIpc) is 2.94. The molecule has 2 N–H and O–H groups in total. The van der Waals surface area contributed by atoms with Crippen LogP contribution in [0.4, 0.5) is 0 Å². The standard InChI is InChI=1S/C13H15N5S/c1-14-13(19)18-7-4-10-11(17-8-16-10)12(18)9-2-5-15-6-3-9/h2-3,5-6,8,12H,4,7H2,1H3,(H,14,19)(H,16,17). The van der Waals surface area contributed by atoms with Crippen molar-refractivity contribution in [3.8, 4) is 0 Å². The van der Waals surface area contributed by atoms with Gasteiger partial charge in [-0.3, -0.25) is 4.98 Å². The van der Waals surface area contributed by atoms with E-state index < -0.39 is 0 Å². The third-order valence-corrected chi connectivity index (χ3v) is 3.86. The second-order valence-corrected chi connectivity index (χ2v) is 4.83. The largest absolute Gasteiger partial charge is 0.366 e. The SMILES string of the molecule is CNC(=S)N1CCc2[nH]cnc2C1c1ccncc1. The maximum absolute atomic E-state index is 5.42. The molecule has 0 fully saturated rings. The van der Waals surface area contributed by atoms with Crippen LogP contribution in [0.25, 0.3) is 0 Å². The molecule has 1 aliphatic heterocycles. The van der Waals surface area contributed by atoms with Gasteiger partial charge in [-0.2, -0.15) is 0 Å². The molecule has 19 heavy (non-hydrogen) atoms. The molecule has 0 saturated carbocycles. The van der Waals surface area contributed by atoms with Gasteiger partial charge < -0.3 is 15.2 Å². The maximum atomic E-state index is 5.42. The third kappa shape index (κ3) is 2.08. The van der Waals surface area contributed by atoms with Gasteiger partial charge in [-0.05, 0) is 29.9 Å². The van der Waals surface area contributed by atoms with E-state index >= 15 is 0 Å². The quantitative estimate of drug-likeness (QED) is 0.766. The number of aromatic amines is 1. The molecule has 0 saturated heterocycles. The van der Waals surface area contributed by atoms with E-state index in [1.54, 1.807) is 18.7 Å². The van der Waals surface area contributed by atoms with Crippen LogP contribution >= 0.6 is 12.2 Å². The highest BCUT2D eigenvalue weighted by Crippen LogP contribution is 2.32. The van der Waals surface area contributed by atoms with E-state index in [1.807, 2.05) is 19.2 Å². The molecule has 1 atom stereocenters. The number of hydrogen-bond acceptors (Lipinski definition) is 3. The molecule has 5 nitrogen and oxygen atoms in total. The second kappa shape index (κ2) is 4.97. The Morgan fingerprint density at radius 3 is 3.00 bits per heavy atom. The van der Waals surface area contributed by atoms with Crippen LogP contribution < -0.4 is 5.32 Å². The van der Waals surface area contributed by atoms with Gasteiger partial charge >= 0.3 is 0 Å². The van der Waals surface area contributed by atoms with E-state index in [4.69, 9.17) is 12.2 Å². The fraction of sp³-hybridized carbons (Fsp3) is 0.308. The summed E-state index contributed by atoms with van der Waals surface area (Å²) >= 11 is 5.42. The zero-order valence-electron chi connectivity index (χ0n) is 10.6. The number of thiocarbonyl (C=S) groups is 1. The minimum atomic E-state index is 0.0537. The average molecular weight is 273 g/mol. The topological polar surface area (TPSA) is 56.8 Å². The van der Waals surface area contributed by atoms with Crippen molar-refractivity contribution in [2.75, 3.05) is 13.6 Å². The number of rotatable bonds is 1. The summed E-state index contributed by atoms with van der Waals surface area (Å²) in [6, 6.07) is 4.08. The number of imidazole rings is 1. The van der Waals surface area contributed by atoms with Crippen molar-refractivity contribution >= 4 is 17.3 Å². The van der Waals surface area contributed by atoms with Gasteiger partial charge in [-0.15, -0.1) is 0 Å². The van der Waals surface area contributed by atoms with Crippen LogP contribution in [-0.4, -0.2) is 38.6 Å². The Bertz CT molecular complexity index is 580. The normalized spacial score (nSPS) is 17.9. The van der Waals surface area contributed by atoms with Crippen molar-refractivity contribution in [1.29, 1.82) is 0 Å². The van der Waals surface area contributed by atoms with Crippen molar-refractivity contribution in [2.45, 2.75) is 12.5 Å². The van der Waals surface area contributed by atoms with Crippen LogP contribution in [0, 0.1) is 0 Å². The fourth-order valence-electron chi connectivity index (χ4n) is 2.52. The zero-order chi connectivity index (χ0) is 13.2. The number of H-pyrrole nitrogens is 1. The number of aromatic nitrogens is 3. The van der Waals surface area contributed by atoms with E-state index in [0.29, 0.717) is 0 Å². The van der Waals surface area contributed by atoms with Crippen LogP contribution in [0.15, 0.2) is 30.9 Å². The molecule has 2 aromatic heterocycles. The Hall–Kier alpha value is -1.95. The van der Waals surface area contributed by atoms with Gasteiger partial charge in [0.25, 0.3) is 0 Å². The van der Waals surface area contributed by atoms with E-state index in [9.17, 15) is 0 Å². The molecule has 1 aliphatic rings. The summed E-state index contributed by atoms with van der Waals surface area (Å²) in [5.41, 5.74) is 3.40. The van der Waals surface area contributed by atoms with Crippen molar-refractivity contribution in [1.82, 2.24) is 25.2 Å². The summed E-state index contributed by atoms with van der Waals surface area (Å²) in [5, 5.41) is 3.81. The molecule has 2 aromatic rings. The highest BCUT2D eigenvalue weighted by atomic mass is 32.1. The molecule has 1 unspecified atom stereocenters. The van der Waals surface area contributed by atoms with Crippen molar-refractivity contribution in [2.24, 2.45) is 0 Å². The van der Waals surface area contributed by atoms with Crippen molar-refractivity contribution in [3.05, 3.63) is 47.8 Å². The summed E-state index contributed by atoms with van der Waals surface area (Å²) in [6.45, 7) is 0.877. The molecule has 0 spiro atoms. The number of fused-ring (bicyclic) bond motifs is 1. The van der Waals surface area contributed by atoms with Crippen molar-refractivity contribution in [3.63, 3.8) is 0 Å². The molecule has 3 heterocycles. The monoisotopic (exact) mass is 273 g/mol. The van der Waals surface area contributed by atoms with Gasteiger partial charge in [-0.25, -0.2) is 4.98 Å². The molecular formula is C13H15N5S. The number of nitrogens with zero attached hydrogens (tertiary/aromatic N) is 3. The Balaban J connectivity index is 2.07. The van der Waals surface area contributed by atoms with Gasteiger partial charge in [0.1, 0.15) is 6.04 Å². The van der Waals surface area contributed by atoms with E-state index in [2.05, 4.69) is 25.2 Å². The molecule has 0 aliphatic carbocycles. The van der Waals surface area contributed by atoms with Crippen LogP contribution in [0.1, 0.15) is 23.0 Å². The Morgan fingerprint density at radius 2 is 2.26 bits per heavy atom. The van der Waals surface area contributed by atoms with E-state index in [0.717, 1.165) is 29.3 Å². The highest BCUT2D eigenvalue weighted by Gasteiger charge is 2.31. The van der Waals surface area contributed by atoms with Crippen LogP contribution in [0.5, 0.6) is 0 Å².